The SMILES string of the molecule is CCc1cccc(C)c1N(CCC(=O)N1CCN(c2ncccn2)CC1)C(C)=O. The highest BCUT2D eigenvalue weighted by Crippen LogP contribution is 2.26. The molecule has 1 aromatic carbocycles. The summed E-state index contributed by atoms with van der Waals surface area (Å²) in [6.45, 7) is 8.76. The monoisotopic (exact) mass is 395 g/mol. The van der Waals surface area contributed by atoms with Crippen molar-refractivity contribution in [3.8, 4) is 0 Å². The van der Waals surface area contributed by atoms with E-state index in [0.717, 1.165) is 23.2 Å². The number of nitrogens with zero attached hydrogens (tertiary/aromatic N) is 5. The average molecular weight is 396 g/mol. The Morgan fingerprint density at radius 1 is 1.07 bits per heavy atom. The van der Waals surface area contributed by atoms with Crippen molar-refractivity contribution >= 4 is 23.5 Å². The topological polar surface area (TPSA) is 69.6 Å². The molecule has 7 nitrogen and oxygen atoms in total. The van der Waals surface area contributed by atoms with Crippen LogP contribution in [0.15, 0.2) is 36.7 Å². The third-order valence-corrected chi connectivity index (χ3v) is 5.37. The van der Waals surface area contributed by atoms with Crippen LogP contribution in [-0.2, 0) is 16.0 Å². The Morgan fingerprint density at radius 2 is 1.76 bits per heavy atom. The van der Waals surface area contributed by atoms with E-state index in [1.54, 1.807) is 30.3 Å². The first-order valence-corrected chi connectivity index (χ1v) is 10.2. The fraction of sp³-hybridized carbons (Fsp3) is 0.455. The van der Waals surface area contributed by atoms with E-state index in [9.17, 15) is 9.59 Å². The fourth-order valence-corrected chi connectivity index (χ4v) is 3.79. The number of amides is 2. The Labute approximate surface area is 172 Å². The molecule has 0 bridgehead atoms. The Hall–Kier alpha value is -2.96. The number of aryl methyl sites for hydroxylation is 2. The normalized spacial score (nSPS) is 14.0. The van der Waals surface area contributed by atoms with Crippen LogP contribution < -0.4 is 9.80 Å². The first-order chi connectivity index (χ1) is 14.0. The molecule has 1 aliphatic rings. The lowest BCUT2D eigenvalue weighted by Gasteiger charge is -2.35. The van der Waals surface area contributed by atoms with Gasteiger partial charge in [-0.25, -0.2) is 9.97 Å². The molecule has 0 saturated carbocycles. The predicted octanol–water partition coefficient (Wildman–Crippen LogP) is 2.44. The molecule has 1 fully saturated rings. The van der Waals surface area contributed by atoms with Crippen LogP contribution in [0.4, 0.5) is 11.6 Å². The average Bonchev–Trinajstić information content (AvgIpc) is 2.75. The molecule has 0 spiro atoms. The van der Waals surface area contributed by atoms with E-state index in [2.05, 4.69) is 21.8 Å². The largest absolute Gasteiger partial charge is 0.339 e. The summed E-state index contributed by atoms with van der Waals surface area (Å²) in [5.41, 5.74) is 3.13. The summed E-state index contributed by atoms with van der Waals surface area (Å²) in [5, 5.41) is 0. The van der Waals surface area contributed by atoms with Crippen LogP contribution in [0.2, 0.25) is 0 Å². The van der Waals surface area contributed by atoms with Gasteiger partial charge in [0.25, 0.3) is 0 Å². The van der Waals surface area contributed by atoms with Crippen LogP contribution in [0.25, 0.3) is 0 Å². The van der Waals surface area contributed by atoms with Gasteiger partial charge in [-0.1, -0.05) is 25.1 Å². The summed E-state index contributed by atoms with van der Waals surface area (Å²) in [7, 11) is 0. The minimum atomic E-state index is -0.0344. The Balaban J connectivity index is 1.60. The van der Waals surface area contributed by atoms with Crippen molar-refractivity contribution in [2.24, 2.45) is 0 Å². The van der Waals surface area contributed by atoms with E-state index in [4.69, 9.17) is 0 Å². The zero-order chi connectivity index (χ0) is 20.8. The number of hydrogen-bond acceptors (Lipinski definition) is 5. The number of benzene rings is 1. The molecule has 29 heavy (non-hydrogen) atoms. The molecule has 0 N–H and O–H groups in total. The van der Waals surface area contributed by atoms with Gasteiger partial charge in [0, 0.05) is 64.1 Å². The smallest absolute Gasteiger partial charge is 0.225 e. The van der Waals surface area contributed by atoms with Crippen LogP contribution in [0.1, 0.15) is 31.4 Å². The lowest BCUT2D eigenvalue weighted by atomic mass is 10.0. The minimum absolute atomic E-state index is 0.0344. The third-order valence-electron chi connectivity index (χ3n) is 5.37. The molecular formula is C22H29N5O2. The zero-order valence-corrected chi connectivity index (χ0v) is 17.5. The molecule has 1 aromatic heterocycles. The Kier molecular flexibility index (Phi) is 6.80. The molecule has 0 aliphatic carbocycles. The number of hydrogen-bond donors (Lipinski definition) is 0. The number of piperazine rings is 1. The van der Waals surface area contributed by atoms with Gasteiger partial charge in [0.2, 0.25) is 17.8 Å². The molecule has 0 atom stereocenters. The van der Waals surface area contributed by atoms with Crippen LogP contribution in [0.3, 0.4) is 0 Å². The number of carbonyl (C=O) groups excluding carboxylic acids is 2. The number of carbonyl (C=O) groups is 2. The molecular weight excluding hydrogens is 366 g/mol. The summed E-state index contributed by atoms with van der Waals surface area (Å²) in [5.74, 6) is 0.748. The molecule has 7 heteroatoms. The predicted molar refractivity (Wildman–Crippen MR) is 114 cm³/mol. The van der Waals surface area contributed by atoms with Crippen LogP contribution >= 0.6 is 0 Å². The van der Waals surface area contributed by atoms with Gasteiger partial charge in [-0.15, -0.1) is 0 Å². The van der Waals surface area contributed by atoms with E-state index in [-0.39, 0.29) is 11.8 Å². The summed E-state index contributed by atoms with van der Waals surface area (Å²) in [4.78, 5) is 39.4. The maximum atomic E-state index is 12.8. The highest BCUT2D eigenvalue weighted by atomic mass is 16.2. The van der Waals surface area contributed by atoms with Gasteiger partial charge >= 0.3 is 0 Å². The van der Waals surface area contributed by atoms with E-state index < -0.39 is 0 Å². The van der Waals surface area contributed by atoms with Gasteiger partial charge in [0.1, 0.15) is 0 Å². The zero-order valence-electron chi connectivity index (χ0n) is 17.5. The second-order valence-electron chi connectivity index (χ2n) is 7.27. The van der Waals surface area contributed by atoms with Crippen molar-refractivity contribution in [1.29, 1.82) is 0 Å². The van der Waals surface area contributed by atoms with Gasteiger partial charge in [-0.05, 0) is 30.5 Å². The van der Waals surface area contributed by atoms with E-state index in [0.29, 0.717) is 45.1 Å². The summed E-state index contributed by atoms with van der Waals surface area (Å²) >= 11 is 0. The van der Waals surface area contributed by atoms with Crippen molar-refractivity contribution in [2.45, 2.75) is 33.6 Å². The quantitative estimate of drug-likeness (QED) is 0.751. The van der Waals surface area contributed by atoms with Crippen molar-refractivity contribution in [3.05, 3.63) is 47.8 Å². The number of aromatic nitrogens is 2. The van der Waals surface area contributed by atoms with Crippen LogP contribution in [0, 0.1) is 6.92 Å². The second kappa shape index (κ2) is 9.49. The first kappa shape index (κ1) is 20.8. The lowest BCUT2D eigenvalue weighted by molar-refractivity contribution is -0.131. The summed E-state index contributed by atoms with van der Waals surface area (Å²) in [6, 6.07) is 7.86. The highest BCUT2D eigenvalue weighted by Gasteiger charge is 2.24. The molecule has 0 unspecified atom stereocenters. The summed E-state index contributed by atoms with van der Waals surface area (Å²) in [6.07, 6.45) is 4.62. The molecule has 2 aromatic rings. The molecule has 2 amide bonds. The Morgan fingerprint density at radius 3 is 2.38 bits per heavy atom. The number of rotatable bonds is 6. The van der Waals surface area contributed by atoms with Crippen molar-refractivity contribution < 1.29 is 9.59 Å². The van der Waals surface area contributed by atoms with Gasteiger partial charge in [-0.3, -0.25) is 9.59 Å². The first-order valence-electron chi connectivity index (χ1n) is 10.2. The standard InChI is InChI=1S/C22H29N5O2/c1-4-19-8-5-7-17(2)21(19)27(18(3)28)12-9-20(29)25-13-15-26(16-14-25)22-23-10-6-11-24-22/h5-8,10-11H,4,9,12-16H2,1-3H3. The van der Waals surface area contributed by atoms with Gasteiger partial charge in [-0.2, -0.15) is 0 Å². The van der Waals surface area contributed by atoms with Gasteiger partial charge < -0.3 is 14.7 Å². The number of anilines is 2. The highest BCUT2D eigenvalue weighted by molar-refractivity contribution is 5.94. The molecule has 154 valence electrons. The molecule has 1 saturated heterocycles. The minimum Gasteiger partial charge on any atom is -0.339 e. The van der Waals surface area contributed by atoms with Crippen LogP contribution in [-0.4, -0.2) is 59.4 Å². The molecule has 0 radical (unpaired) electrons. The van der Waals surface area contributed by atoms with Crippen molar-refractivity contribution in [1.82, 2.24) is 14.9 Å². The number of para-hydroxylation sites is 1. The maximum Gasteiger partial charge on any atom is 0.225 e. The maximum absolute atomic E-state index is 12.8. The molecule has 1 aliphatic heterocycles. The third kappa shape index (κ3) is 4.91. The van der Waals surface area contributed by atoms with Gasteiger partial charge in [0.15, 0.2) is 0 Å². The summed E-state index contributed by atoms with van der Waals surface area (Å²) < 4.78 is 0. The van der Waals surface area contributed by atoms with Crippen molar-refractivity contribution in [2.75, 3.05) is 42.5 Å². The fourth-order valence-electron chi connectivity index (χ4n) is 3.79. The van der Waals surface area contributed by atoms with E-state index in [1.165, 1.54) is 0 Å². The second-order valence-corrected chi connectivity index (χ2v) is 7.27. The molecule has 3 rings (SSSR count). The lowest BCUT2D eigenvalue weighted by Crippen LogP contribution is -2.49. The Bertz CT molecular complexity index is 848. The molecule has 2 heterocycles. The van der Waals surface area contributed by atoms with Crippen LogP contribution in [0.5, 0.6) is 0 Å². The van der Waals surface area contributed by atoms with Crippen molar-refractivity contribution in [3.63, 3.8) is 0 Å². The van der Waals surface area contributed by atoms with E-state index >= 15 is 0 Å². The van der Waals surface area contributed by atoms with Gasteiger partial charge in [0.05, 0.1) is 0 Å². The van der Waals surface area contributed by atoms with E-state index in [1.807, 2.05) is 30.0 Å².